The summed E-state index contributed by atoms with van der Waals surface area (Å²) in [5.41, 5.74) is 1.86. The van der Waals surface area contributed by atoms with Crippen LogP contribution in [0.15, 0.2) is 18.3 Å². The quantitative estimate of drug-likeness (QED) is 0.833. The van der Waals surface area contributed by atoms with Gasteiger partial charge in [-0.1, -0.05) is 30.1 Å². The second-order valence-corrected chi connectivity index (χ2v) is 5.13. The Balaban J connectivity index is 2.50. The molecule has 80 valence electrons. The van der Waals surface area contributed by atoms with Gasteiger partial charge < -0.3 is 4.40 Å². The summed E-state index contributed by atoms with van der Waals surface area (Å²) in [6.07, 6.45) is 1.85. The Labute approximate surface area is 103 Å². The number of halogens is 2. The lowest BCUT2D eigenvalue weighted by Gasteiger charge is -2.01. The fraction of sp³-hybridized carbons (Fsp3) is 0.300. The van der Waals surface area contributed by atoms with Crippen LogP contribution < -0.4 is 0 Å². The van der Waals surface area contributed by atoms with Crippen LogP contribution >= 0.6 is 35.0 Å². The van der Waals surface area contributed by atoms with Gasteiger partial charge in [-0.05, 0) is 17.9 Å². The molecule has 0 atom stereocenters. The third kappa shape index (κ3) is 2.25. The molecule has 2 nitrogen and oxygen atoms in total. The Morgan fingerprint density at radius 2 is 2.20 bits per heavy atom. The third-order valence-electron chi connectivity index (χ3n) is 2.08. The molecule has 0 bridgehead atoms. The van der Waals surface area contributed by atoms with Crippen molar-refractivity contribution in [1.82, 2.24) is 9.38 Å². The lowest BCUT2D eigenvalue weighted by molar-refractivity contribution is 1.09. The lowest BCUT2D eigenvalue weighted by atomic mass is 10.4. The van der Waals surface area contributed by atoms with Gasteiger partial charge in [-0.25, -0.2) is 4.98 Å². The molecule has 2 rings (SSSR count). The highest BCUT2D eigenvalue weighted by atomic mass is 35.5. The van der Waals surface area contributed by atoms with Crippen LogP contribution in [-0.2, 0) is 5.75 Å². The van der Waals surface area contributed by atoms with Crippen LogP contribution in [0.4, 0.5) is 0 Å². The van der Waals surface area contributed by atoms with Crippen molar-refractivity contribution in [2.75, 3.05) is 5.75 Å². The Hall–Kier alpha value is -0.380. The van der Waals surface area contributed by atoms with Crippen molar-refractivity contribution in [1.29, 1.82) is 0 Å². The number of fused-ring (bicyclic) bond motifs is 1. The van der Waals surface area contributed by atoms with Crippen LogP contribution in [0.2, 0.25) is 10.2 Å². The number of nitrogens with zero attached hydrogens (tertiary/aromatic N) is 2. The predicted molar refractivity (Wildman–Crippen MR) is 67.0 cm³/mol. The third-order valence-corrected chi connectivity index (χ3v) is 3.49. The first-order valence-corrected chi connectivity index (χ1v) is 6.53. The molecule has 2 aromatic rings. The molecule has 0 aliphatic heterocycles. The van der Waals surface area contributed by atoms with Crippen LogP contribution in [0.5, 0.6) is 0 Å². The second kappa shape index (κ2) is 4.64. The SMILES string of the molecule is CCSCc1c(Cl)nc2ccc(Cl)cn12. The average Bonchev–Trinajstić information content (AvgIpc) is 2.51. The molecule has 0 amide bonds. The minimum atomic E-state index is 0.568. The predicted octanol–water partition coefficient (Wildman–Crippen LogP) is 3.89. The zero-order valence-corrected chi connectivity index (χ0v) is 10.5. The molecule has 0 aromatic carbocycles. The van der Waals surface area contributed by atoms with Gasteiger partial charge in [-0.3, -0.25) is 0 Å². The van der Waals surface area contributed by atoms with E-state index in [4.69, 9.17) is 23.2 Å². The number of hydrogen-bond acceptors (Lipinski definition) is 2. The van der Waals surface area contributed by atoms with Gasteiger partial charge in [0.05, 0.1) is 10.7 Å². The van der Waals surface area contributed by atoms with Gasteiger partial charge >= 0.3 is 0 Å². The first-order chi connectivity index (χ1) is 7.22. The molecule has 0 radical (unpaired) electrons. The summed E-state index contributed by atoms with van der Waals surface area (Å²) in [5.74, 6) is 1.92. The first kappa shape index (κ1) is 11.1. The largest absolute Gasteiger partial charge is 0.300 e. The maximum atomic E-state index is 6.07. The number of aromatic nitrogens is 2. The van der Waals surface area contributed by atoms with E-state index in [0.29, 0.717) is 10.2 Å². The Morgan fingerprint density at radius 1 is 1.40 bits per heavy atom. The van der Waals surface area contributed by atoms with Crippen molar-refractivity contribution in [2.45, 2.75) is 12.7 Å². The summed E-state index contributed by atoms with van der Waals surface area (Å²) in [6, 6.07) is 3.69. The molecule has 0 saturated carbocycles. The highest BCUT2D eigenvalue weighted by molar-refractivity contribution is 7.98. The lowest BCUT2D eigenvalue weighted by Crippen LogP contribution is -1.91. The van der Waals surface area contributed by atoms with E-state index in [2.05, 4.69) is 11.9 Å². The molecule has 15 heavy (non-hydrogen) atoms. The Kier molecular flexibility index (Phi) is 3.44. The first-order valence-electron chi connectivity index (χ1n) is 4.62. The van der Waals surface area contributed by atoms with E-state index in [0.717, 1.165) is 22.8 Å². The number of rotatable bonds is 3. The molecule has 0 fully saturated rings. The second-order valence-electron chi connectivity index (χ2n) is 3.06. The molecule has 0 aliphatic rings. The van der Waals surface area contributed by atoms with E-state index in [1.165, 1.54) is 0 Å². The van der Waals surface area contributed by atoms with Crippen LogP contribution in [0.25, 0.3) is 5.65 Å². The average molecular weight is 261 g/mol. The zero-order chi connectivity index (χ0) is 10.8. The van der Waals surface area contributed by atoms with Gasteiger partial charge in [-0.2, -0.15) is 11.8 Å². The van der Waals surface area contributed by atoms with Gasteiger partial charge in [0.2, 0.25) is 0 Å². The normalized spacial score (nSPS) is 11.1. The van der Waals surface area contributed by atoms with Crippen molar-refractivity contribution >= 4 is 40.6 Å². The fourth-order valence-electron chi connectivity index (χ4n) is 1.37. The summed E-state index contributed by atoms with van der Waals surface area (Å²) < 4.78 is 1.95. The van der Waals surface area contributed by atoms with Crippen molar-refractivity contribution in [3.63, 3.8) is 0 Å². The van der Waals surface area contributed by atoms with E-state index < -0.39 is 0 Å². The van der Waals surface area contributed by atoms with Crippen LogP contribution in [0.1, 0.15) is 12.6 Å². The van der Waals surface area contributed by atoms with Crippen molar-refractivity contribution < 1.29 is 0 Å². The minimum absolute atomic E-state index is 0.568. The topological polar surface area (TPSA) is 17.3 Å². The smallest absolute Gasteiger partial charge is 0.152 e. The Bertz CT molecular complexity index is 481. The van der Waals surface area contributed by atoms with Crippen molar-refractivity contribution in [2.24, 2.45) is 0 Å². The molecule has 2 aromatic heterocycles. The van der Waals surface area contributed by atoms with Gasteiger partial charge in [0.15, 0.2) is 5.15 Å². The molecule has 0 aliphatic carbocycles. The van der Waals surface area contributed by atoms with E-state index in [1.54, 1.807) is 0 Å². The number of pyridine rings is 1. The van der Waals surface area contributed by atoms with Crippen LogP contribution in [0.3, 0.4) is 0 Å². The number of imidazole rings is 1. The molecule has 0 unspecified atom stereocenters. The number of thioether (sulfide) groups is 1. The van der Waals surface area contributed by atoms with Crippen LogP contribution in [0, 0.1) is 0 Å². The van der Waals surface area contributed by atoms with E-state index in [-0.39, 0.29) is 0 Å². The van der Waals surface area contributed by atoms with Crippen LogP contribution in [-0.4, -0.2) is 15.1 Å². The molecule has 2 heterocycles. The zero-order valence-electron chi connectivity index (χ0n) is 8.20. The summed E-state index contributed by atoms with van der Waals surface area (Å²) in [5, 5.41) is 1.26. The molecular weight excluding hydrogens is 251 g/mol. The fourth-order valence-corrected chi connectivity index (χ4v) is 2.52. The molecule has 0 N–H and O–H groups in total. The maximum absolute atomic E-state index is 6.07. The van der Waals surface area contributed by atoms with Crippen molar-refractivity contribution in [3.8, 4) is 0 Å². The van der Waals surface area contributed by atoms with Crippen molar-refractivity contribution in [3.05, 3.63) is 34.2 Å². The molecule has 0 spiro atoms. The summed E-state index contributed by atoms with van der Waals surface area (Å²) in [6.45, 7) is 2.12. The maximum Gasteiger partial charge on any atom is 0.152 e. The van der Waals surface area contributed by atoms with E-state index >= 15 is 0 Å². The van der Waals surface area contributed by atoms with Gasteiger partial charge in [0, 0.05) is 11.9 Å². The monoisotopic (exact) mass is 260 g/mol. The van der Waals surface area contributed by atoms with E-state index in [9.17, 15) is 0 Å². The highest BCUT2D eigenvalue weighted by Crippen LogP contribution is 2.23. The summed E-state index contributed by atoms with van der Waals surface area (Å²) in [7, 11) is 0. The van der Waals surface area contributed by atoms with Gasteiger partial charge in [0.1, 0.15) is 5.65 Å². The highest BCUT2D eigenvalue weighted by Gasteiger charge is 2.09. The molecular formula is C10H10Cl2N2S. The minimum Gasteiger partial charge on any atom is -0.300 e. The van der Waals surface area contributed by atoms with Gasteiger partial charge in [-0.15, -0.1) is 0 Å². The van der Waals surface area contributed by atoms with Gasteiger partial charge in [0.25, 0.3) is 0 Å². The molecule has 0 saturated heterocycles. The Morgan fingerprint density at radius 3 is 2.93 bits per heavy atom. The summed E-state index contributed by atoms with van der Waals surface area (Å²) >= 11 is 13.8. The van der Waals surface area contributed by atoms with E-state index in [1.807, 2.05) is 34.5 Å². The summed E-state index contributed by atoms with van der Waals surface area (Å²) in [4.78, 5) is 4.26. The standard InChI is InChI=1S/C10H10Cl2N2S/c1-2-15-6-8-10(12)13-9-4-3-7(11)5-14(8)9/h3-5H,2,6H2,1H3. The number of hydrogen-bond donors (Lipinski definition) is 0. The molecule has 5 heteroatoms.